The maximum atomic E-state index is 13.4. The summed E-state index contributed by atoms with van der Waals surface area (Å²) in [6.45, 7) is 1.67. The number of carbonyl (C=O) groups excluding carboxylic acids is 1. The van der Waals surface area contributed by atoms with Crippen LogP contribution in [0.5, 0.6) is 0 Å². The fourth-order valence-corrected chi connectivity index (χ4v) is 1.38. The van der Waals surface area contributed by atoms with E-state index in [2.05, 4.69) is 11.2 Å². The van der Waals surface area contributed by atoms with Crippen LogP contribution in [-0.2, 0) is 0 Å². The van der Waals surface area contributed by atoms with Crippen LogP contribution in [0.25, 0.3) is 0 Å². The summed E-state index contributed by atoms with van der Waals surface area (Å²) in [6, 6.07) is 1.21. The highest BCUT2D eigenvalue weighted by atomic mass is 35.5. The zero-order chi connectivity index (χ0) is 13.0. The molecule has 0 saturated heterocycles. The Labute approximate surface area is 103 Å². The van der Waals surface area contributed by atoms with Crippen LogP contribution in [-0.4, -0.2) is 11.9 Å². The Hall–Kier alpha value is -1.60. The highest BCUT2D eigenvalue weighted by Crippen LogP contribution is 2.19. The van der Waals surface area contributed by atoms with E-state index in [1.54, 1.807) is 6.92 Å². The van der Waals surface area contributed by atoms with Gasteiger partial charge in [0.15, 0.2) is 0 Å². The average Bonchev–Trinajstić information content (AvgIpc) is 2.23. The summed E-state index contributed by atoms with van der Waals surface area (Å²) in [7, 11) is 0. The van der Waals surface area contributed by atoms with E-state index < -0.39 is 23.1 Å². The van der Waals surface area contributed by atoms with Crippen LogP contribution in [0, 0.1) is 24.0 Å². The molecule has 1 aromatic carbocycles. The number of nitrogens with one attached hydrogen (secondary N) is 1. The van der Waals surface area contributed by atoms with Crippen molar-refractivity contribution in [2.75, 3.05) is 0 Å². The maximum absolute atomic E-state index is 13.4. The first-order chi connectivity index (χ1) is 7.95. The summed E-state index contributed by atoms with van der Waals surface area (Å²) in [5.41, 5.74) is -0.393. The van der Waals surface area contributed by atoms with E-state index in [0.717, 1.165) is 12.1 Å². The van der Waals surface area contributed by atoms with E-state index in [1.165, 1.54) is 0 Å². The Morgan fingerprint density at radius 2 is 2.18 bits per heavy atom. The van der Waals surface area contributed by atoms with Crippen molar-refractivity contribution >= 4 is 17.5 Å². The van der Waals surface area contributed by atoms with E-state index >= 15 is 0 Å². The molecule has 1 amide bonds. The summed E-state index contributed by atoms with van der Waals surface area (Å²) in [6.07, 6.45) is 5.37. The minimum atomic E-state index is -0.873. The average molecular weight is 258 g/mol. The predicted octanol–water partition coefficient (Wildman–Crippen LogP) is 2.76. The molecule has 1 aromatic rings. The number of hydrogen-bond acceptors (Lipinski definition) is 1. The Balaban J connectivity index is 2.90. The zero-order valence-electron chi connectivity index (χ0n) is 9.06. The topological polar surface area (TPSA) is 29.1 Å². The Morgan fingerprint density at radius 1 is 1.53 bits per heavy atom. The highest BCUT2D eigenvalue weighted by molar-refractivity contribution is 6.30. The first-order valence-corrected chi connectivity index (χ1v) is 5.22. The molecule has 0 saturated carbocycles. The summed E-state index contributed by atoms with van der Waals surface area (Å²) < 4.78 is 26.5. The number of carbonyl (C=O) groups is 1. The molecule has 0 aliphatic carbocycles. The SMILES string of the molecule is C#CCC(C)NC(=O)c1cc(F)c(Cl)cc1F. The third-order valence-electron chi connectivity index (χ3n) is 2.06. The van der Waals surface area contributed by atoms with E-state index in [0.29, 0.717) is 6.42 Å². The van der Waals surface area contributed by atoms with Gasteiger partial charge in [-0.05, 0) is 19.1 Å². The van der Waals surface area contributed by atoms with Gasteiger partial charge in [-0.3, -0.25) is 4.79 Å². The fraction of sp³-hybridized carbons (Fsp3) is 0.250. The van der Waals surface area contributed by atoms with E-state index in [9.17, 15) is 13.6 Å². The van der Waals surface area contributed by atoms with Gasteiger partial charge in [-0.1, -0.05) is 11.6 Å². The number of benzene rings is 1. The number of hydrogen-bond donors (Lipinski definition) is 1. The third kappa shape index (κ3) is 3.43. The van der Waals surface area contributed by atoms with Gasteiger partial charge in [0.1, 0.15) is 11.6 Å². The lowest BCUT2D eigenvalue weighted by Gasteiger charge is -2.11. The standard InChI is InChI=1S/C12H10ClF2NO/c1-3-4-7(2)16-12(17)8-5-11(15)9(13)6-10(8)14/h1,5-7H,4H2,2H3,(H,16,17). The van der Waals surface area contributed by atoms with Crippen LogP contribution >= 0.6 is 11.6 Å². The fourth-order valence-electron chi connectivity index (χ4n) is 1.23. The number of terminal acetylenes is 1. The lowest BCUT2D eigenvalue weighted by atomic mass is 10.1. The molecule has 5 heteroatoms. The number of amides is 1. The Bertz CT molecular complexity index is 482. The Morgan fingerprint density at radius 3 is 2.76 bits per heavy atom. The van der Waals surface area contributed by atoms with Crippen molar-refractivity contribution in [3.63, 3.8) is 0 Å². The van der Waals surface area contributed by atoms with Crippen molar-refractivity contribution in [1.82, 2.24) is 5.32 Å². The monoisotopic (exact) mass is 257 g/mol. The molecule has 0 aliphatic heterocycles. The van der Waals surface area contributed by atoms with Gasteiger partial charge in [-0.15, -0.1) is 12.3 Å². The second kappa shape index (κ2) is 5.65. The summed E-state index contributed by atoms with van der Waals surface area (Å²) in [5, 5.41) is 2.09. The van der Waals surface area contributed by atoms with Crippen LogP contribution in [0.3, 0.4) is 0 Å². The van der Waals surface area contributed by atoms with E-state index in [-0.39, 0.29) is 11.1 Å². The van der Waals surface area contributed by atoms with Gasteiger partial charge >= 0.3 is 0 Å². The number of halogens is 3. The van der Waals surface area contributed by atoms with Gasteiger partial charge in [0, 0.05) is 12.5 Å². The van der Waals surface area contributed by atoms with Crippen molar-refractivity contribution in [1.29, 1.82) is 0 Å². The summed E-state index contributed by atoms with van der Waals surface area (Å²) in [5.74, 6) is -0.0837. The van der Waals surface area contributed by atoms with Crippen molar-refractivity contribution in [2.45, 2.75) is 19.4 Å². The van der Waals surface area contributed by atoms with Crippen molar-refractivity contribution in [3.8, 4) is 12.3 Å². The third-order valence-corrected chi connectivity index (χ3v) is 2.35. The molecular weight excluding hydrogens is 248 g/mol. The van der Waals surface area contributed by atoms with Crippen molar-refractivity contribution < 1.29 is 13.6 Å². The lowest BCUT2D eigenvalue weighted by Crippen LogP contribution is -2.32. The quantitative estimate of drug-likeness (QED) is 0.655. The molecule has 1 N–H and O–H groups in total. The van der Waals surface area contributed by atoms with Crippen molar-refractivity contribution in [3.05, 3.63) is 34.4 Å². The molecule has 0 radical (unpaired) electrons. The van der Waals surface area contributed by atoms with Crippen LogP contribution in [0.2, 0.25) is 5.02 Å². The minimum absolute atomic E-state index is 0.309. The molecule has 1 atom stereocenters. The zero-order valence-corrected chi connectivity index (χ0v) is 9.81. The van der Waals surface area contributed by atoms with Gasteiger partial charge in [0.05, 0.1) is 10.6 Å². The number of rotatable bonds is 3. The molecule has 90 valence electrons. The van der Waals surface area contributed by atoms with Gasteiger partial charge in [-0.25, -0.2) is 8.78 Å². The molecule has 0 bridgehead atoms. The lowest BCUT2D eigenvalue weighted by molar-refractivity contribution is 0.0936. The van der Waals surface area contributed by atoms with Crippen molar-refractivity contribution in [2.24, 2.45) is 0 Å². The van der Waals surface area contributed by atoms with Crippen LogP contribution in [0.1, 0.15) is 23.7 Å². The molecule has 1 rings (SSSR count). The predicted molar refractivity (Wildman–Crippen MR) is 61.7 cm³/mol. The van der Waals surface area contributed by atoms with E-state index in [4.69, 9.17) is 18.0 Å². The molecule has 0 heterocycles. The van der Waals surface area contributed by atoms with Crippen LogP contribution in [0.15, 0.2) is 12.1 Å². The normalized spacial score (nSPS) is 11.7. The molecule has 0 aliphatic rings. The smallest absolute Gasteiger partial charge is 0.254 e. The molecular formula is C12H10ClF2NO. The molecule has 0 fully saturated rings. The molecule has 0 aromatic heterocycles. The van der Waals surface area contributed by atoms with E-state index in [1.807, 2.05) is 0 Å². The molecule has 2 nitrogen and oxygen atoms in total. The second-order valence-electron chi connectivity index (χ2n) is 3.53. The minimum Gasteiger partial charge on any atom is -0.349 e. The molecule has 17 heavy (non-hydrogen) atoms. The first-order valence-electron chi connectivity index (χ1n) is 4.84. The summed E-state index contributed by atoms with van der Waals surface area (Å²) >= 11 is 5.37. The van der Waals surface area contributed by atoms with Crippen LogP contribution < -0.4 is 5.32 Å². The maximum Gasteiger partial charge on any atom is 0.254 e. The first kappa shape index (κ1) is 13.5. The summed E-state index contributed by atoms with van der Waals surface area (Å²) in [4.78, 5) is 11.6. The second-order valence-corrected chi connectivity index (χ2v) is 3.94. The van der Waals surface area contributed by atoms with Gasteiger partial charge < -0.3 is 5.32 Å². The molecule has 1 unspecified atom stereocenters. The Kier molecular flexibility index (Phi) is 4.47. The van der Waals surface area contributed by atoms with Gasteiger partial charge in [0.25, 0.3) is 5.91 Å². The van der Waals surface area contributed by atoms with Crippen LogP contribution in [0.4, 0.5) is 8.78 Å². The molecule has 0 spiro atoms. The van der Waals surface area contributed by atoms with Gasteiger partial charge in [-0.2, -0.15) is 0 Å². The van der Waals surface area contributed by atoms with Gasteiger partial charge in [0.2, 0.25) is 0 Å². The largest absolute Gasteiger partial charge is 0.349 e. The highest BCUT2D eigenvalue weighted by Gasteiger charge is 2.16.